The van der Waals surface area contributed by atoms with Crippen molar-refractivity contribution in [2.24, 2.45) is 0 Å². The van der Waals surface area contributed by atoms with Gasteiger partial charge in [0.15, 0.2) is 0 Å². The molecule has 2 rings (SSSR count). The van der Waals surface area contributed by atoms with Gasteiger partial charge in [-0.1, -0.05) is 18.2 Å². The largest absolute Gasteiger partial charge is 0.457 e. The lowest BCUT2D eigenvalue weighted by molar-refractivity contribution is -0.137. The molecule has 0 radical (unpaired) electrons. The molecule has 0 bridgehead atoms. The van der Waals surface area contributed by atoms with Crippen LogP contribution in [0.4, 0.5) is 13.2 Å². The highest BCUT2D eigenvalue weighted by Crippen LogP contribution is 2.32. The van der Waals surface area contributed by atoms with Gasteiger partial charge < -0.3 is 9.84 Å². The Balaban J connectivity index is 2.14. The molecular formula is C16H15F3O2. The summed E-state index contributed by atoms with van der Waals surface area (Å²) in [6.45, 7) is 0.0959. The molecule has 0 aliphatic rings. The molecule has 112 valence electrons. The van der Waals surface area contributed by atoms with Gasteiger partial charge in [-0.2, -0.15) is 13.2 Å². The molecule has 5 heteroatoms. The van der Waals surface area contributed by atoms with Crippen LogP contribution in [0.3, 0.4) is 0 Å². The fraction of sp³-hybridized carbons (Fsp3) is 0.250. The fourth-order valence-corrected chi connectivity index (χ4v) is 1.92. The third-order valence-corrected chi connectivity index (χ3v) is 2.92. The molecule has 0 saturated heterocycles. The Hall–Kier alpha value is -2.01. The van der Waals surface area contributed by atoms with Crippen molar-refractivity contribution in [3.63, 3.8) is 0 Å². The SMILES string of the molecule is OCCCc1cccc(Oc2cccc(C(F)(F)F)c2)c1. The number of benzene rings is 2. The van der Waals surface area contributed by atoms with Gasteiger partial charge in [0.2, 0.25) is 0 Å². The maximum atomic E-state index is 12.6. The summed E-state index contributed by atoms with van der Waals surface area (Å²) in [4.78, 5) is 0. The van der Waals surface area contributed by atoms with Crippen LogP contribution in [-0.4, -0.2) is 11.7 Å². The summed E-state index contributed by atoms with van der Waals surface area (Å²) in [5.74, 6) is 0.619. The number of aliphatic hydroxyl groups excluding tert-OH is 1. The Morgan fingerprint density at radius 2 is 1.62 bits per heavy atom. The van der Waals surface area contributed by atoms with Crippen molar-refractivity contribution in [1.82, 2.24) is 0 Å². The van der Waals surface area contributed by atoms with Crippen LogP contribution in [-0.2, 0) is 12.6 Å². The lowest BCUT2D eigenvalue weighted by Crippen LogP contribution is -2.04. The van der Waals surface area contributed by atoms with Gasteiger partial charge in [-0.05, 0) is 48.7 Å². The van der Waals surface area contributed by atoms with E-state index in [1.165, 1.54) is 12.1 Å². The summed E-state index contributed by atoms with van der Waals surface area (Å²) in [7, 11) is 0. The zero-order valence-corrected chi connectivity index (χ0v) is 11.2. The first kappa shape index (κ1) is 15.4. The number of alkyl halides is 3. The zero-order chi connectivity index (χ0) is 15.3. The van der Waals surface area contributed by atoms with Crippen molar-refractivity contribution in [2.45, 2.75) is 19.0 Å². The number of aliphatic hydroxyl groups is 1. The van der Waals surface area contributed by atoms with Gasteiger partial charge in [-0.15, -0.1) is 0 Å². The molecule has 0 fully saturated rings. The van der Waals surface area contributed by atoms with Crippen LogP contribution in [0.25, 0.3) is 0 Å². The highest BCUT2D eigenvalue weighted by Gasteiger charge is 2.30. The van der Waals surface area contributed by atoms with E-state index in [1.54, 1.807) is 18.2 Å². The number of rotatable bonds is 5. The van der Waals surface area contributed by atoms with E-state index in [2.05, 4.69) is 0 Å². The molecule has 0 saturated carbocycles. The molecule has 0 spiro atoms. The topological polar surface area (TPSA) is 29.5 Å². The van der Waals surface area contributed by atoms with Crippen molar-refractivity contribution >= 4 is 0 Å². The standard InChI is InChI=1S/C16H15F3O2/c17-16(18,19)13-6-2-8-15(11-13)21-14-7-1-4-12(10-14)5-3-9-20/h1-2,4,6-8,10-11,20H,3,5,9H2. The van der Waals surface area contributed by atoms with Crippen LogP contribution in [0.5, 0.6) is 11.5 Å². The summed E-state index contributed by atoms with van der Waals surface area (Å²) in [5.41, 5.74) is 0.227. The lowest BCUT2D eigenvalue weighted by atomic mass is 10.1. The van der Waals surface area contributed by atoms with Crippen LogP contribution < -0.4 is 4.74 Å². The molecule has 0 aromatic heterocycles. The van der Waals surface area contributed by atoms with Crippen LogP contribution in [0.2, 0.25) is 0 Å². The molecular weight excluding hydrogens is 281 g/mol. The quantitative estimate of drug-likeness (QED) is 0.885. The molecule has 0 aliphatic heterocycles. The molecule has 21 heavy (non-hydrogen) atoms. The van der Waals surface area contributed by atoms with Crippen molar-refractivity contribution in [3.05, 3.63) is 59.7 Å². The maximum Gasteiger partial charge on any atom is 0.416 e. The van der Waals surface area contributed by atoms with Crippen molar-refractivity contribution in [1.29, 1.82) is 0 Å². The molecule has 2 nitrogen and oxygen atoms in total. The van der Waals surface area contributed by atoms with E-state index in [4.69, 9.17) is 9.84 Å². The van der Waals surface area contributed by atoms with E-state index >= 15 is 0 Å². The molecule has 0 unspecified atom stereocenters. The zero-order valence-electron chi connectivity index (χ0n) is 11.2. The highest BCUT2D eigenvalue weighted by molar-refractivity contribution is 5.36. The summed E-state index contributed by atoms with van der Waals surface area (Å²) >= 11 is 0. The molecule has 0 heterocycles. The van der Waals surface area contributed by atoms with Crippen LogP contribution in [0.15, 0.2) is 48.5 Å². The van der Waals surface area contributed by atoms with Crippen molar-refractivity contribution in [3.8, 4) is 11.5 Å². The van der Waals surface area contributed by atoms with E-state index in [9.17, 15) is 13.2 Å². The van der Waals surface area contributed by atoms with Crippen LogP contribution >= 0.6 is 0 Å². The number of hydrogen-bond donors (Lipinski definition) is 1. The van der Waals surface area contributed by atoms with E-state index in [1.807, 2.05) is 6.07 Å². The predicted octanol–water partition coefficient (Wildman–Crippen LogP) is 4.42. The third-order valence-electron chi connectivity index (χ3n) is 2.92. The Labute approximate surface area is 120 Å². The van der Waals surface area contributed by atoms with Gasteiger partial charge >= 0.3 is 6.18 Å². The number of ether oxygens (including phenoxy) is 1. The Morgan fingerprint density at radius 3 is 2.29 bits per heavy atom. The molecule has 0 aliphatic carbocycles. The van der Waals surface area contributed by atoms with E-state index in [-0.39, 0.29) is 12.4 Å². The second-order valence-electron chi connectivity index (χ2n) is 4.60. The maximum absolute atomic E-state index is 12.6. The Bertz CT molecular complexity index is 594. The molecule has 2 aromatic carbocycles. The average molecular weight is 296 g/mol. The van der Waals surface area contributed by atoms with E-state index in [0.717, 1.165) is 17.7 Å². The summed E-state index contributed by atoms with van der Waals surface area (Å²) in [6, 6.07) is 11.9. The van der Waals surface area contributed by atoms with Crippen LogP contribution in [0.1, 0.15) is 17.5 Å². The minimum Gasteiger partial charge on any atom is -0.457 e. The van der Waals surface area contributed by atoms with Crippen LogP contribution in [0, 0.1) is 0 Å². The second-order valence-corrected chi connectivity index (χ2v) is 4.60. The second kappa shape index (κ2) is 6.63. The fourth-order valence-electron chi connectivity index (χ4n) is 1.92. The predicted molar refractivity (Wildman–Crippen MR) is 73.4 cm³/mol. The highest BCUT2D eigenvalue weighted by atomic mass is 19.4. The first-order chi connectivity index (χ1) is 9.99. The Morgan fingerprint density at radius 1 is 0.952 bits per heavy atom. The minimum absolute atomic E-state index is 0.0959. The first-order valence-electron chi connectivity index (χ1n) is 6.54. The molecule has 0 atom stereocenters. The van der Waals surface area contributed by atoms with Gasteiger partial charge in [0.25, 0.3) is 0 Å². The summed E-state index contributed by atoms with van der Waals surface area (Å²) in [6.07, 6.45) is -3.06. The van der Waals surface area contributed by atoms with Crippen molar-refractivity contribution in [2.75, 3.05) is 6.61 Å². The molecule has 1 N–H and O–H groups in total. The first-order valence-corrected chi connectivity index (χ1v) is 6.54. The van der Waals surface area contributed by atoms with E-state index in [0.29, 0.717) is 18.6 Å². The minimum atomic E-state index is -4.39. The average Bonchev–Trinajstić information content (AvgIpc) is 2.45. The molecule has 0 amide bonds. The lowest BCUT2D eigenvalue weighted by Gasteiger charge is -2.10. The number of aryl methyl sites for hydroxylation is 1. The summed E-state index contributed by atoms with van der Waals surface area (Å²) in [5, 5.41) is 8.80. The Kier molecular flexibility index (Phi) is 4.85. The van der Waals surface area contributed by atoms with Crippen molar-refractivity contribution < 1.29 is 23.0 Å². The monoisotopic (exact) mass is 296 g/mol. The summed E-state index contributed by atoms with van der Waals surface area (Å²) < 4.78 is 43.4. The van der Waals surface area contributed by atoms with Gasteiger partial charge in [-0.3, -0.25) is 0 Å². The van der Waals surface area contributed by atoms with E-state index < -0.39 is 11.7 Å². The van der Waals surface area contributed by atoms with Gasteiger partial charge in [0.05, 0.1) is 5.56 Å². The normalized spacial score (nSPS) is 11.4. The molecule has 2 aromatic rings. The number of hydrogen-bond acceptors (Lipinski definition) is 2. The smallest absolute Gasteiger partial charge is 0.416 e. The third kappa shape index (κ3) is 4.49. The van der Waals surface area contributed by atoms with Gasteiger partial charge in [0, 0.05) is 6.61 Å². The van der Waals surface area contributed by atoms with Gasteiger partial charge in [-0.25, -0.2) is 0 Å². The number of halogens is 3. The van der Waals surface area contributed by atoms with Gasteiger partial charge in [0.1, 0.15) is 11.5 Å².